The number of carboxylic acids is 1. The largest absolute Gasteiger partial charge is 0.479 e. The number of rotatable bonds is 6. The van der Waals surface area contributed by atoms with Gasteiger partial charge in [-0.3, -0.25) is 4.79 Å². The molecule has 2 aromatic rings. The van der Waals surface area contributed by atoms with Gasteiger partial charge >= 0.3 is 12.5 Å². The van der Waals surface area contributed by atoms with E-state index >= 15 is 0 Å². The van der Waals surface area contributed by atoms with Gasteiger partial charge in [0, 0.05) is 11.3 Å². The summed E-state index contributed by atoms with van der Waals surface area (Å²) in [6.45, 7) is 1.55. The molecule has 26 heavy (non-hydrogen) atoms. The topological polar surface area (TPSA) is 84.2 Å². The lowest BCUT2D eigenvalue weighted by Gasteiger charge is -2.16. The third-order valence-electron chi connectivity index (χ3n) is 4.06. The molecule has 2 N–H and O–H groups in total. The second kappa shape index (κ2) is 7.59. The van der Waals surface area contributed by atoms with Crippen LogP contribution in [-0.2, 0) is 16.0 Å². The van der Waals surface area contributed by atoms with Crippen molar-refractivity contribution < 1.29 is 27.9 Å². The van der Waals surface area contributed by atoms with E-state index in [-0.39, 0.29) is 28.9 Å². The molecule has 9 heteroatoms. The number of hydrogen-bond acceptors (Lipinski definition) is 3. The predicted molar refractivity (Wildman–Crippen MR) is 86.3 cm³/mol. The standard InChI is InChI=1S/C17H18F3N3O3/c1-8-6-11(4-5-13(8)18)15(16(25)26)21-14(24)7-12-9(2)22-23(10(12)3)17(19)20/h4-6,15,17H,7H2,1-3H3,(H,21,24)(H,25,26). The van der Waals surface area contributed by atoms with E-state index in [1.54, 1.807) is 0 Å². The first kappa shape index (κ1) is 19.5. The van der Waals surface area contributed by atoms with Gasteiger partial charge in [0.1, 0.15) is 5.82 Å². The summed E-state index contributed by atoms with van der Waals surface area (Å²) in [5.74, 6) is -2.48. The zero-order valence-electron chi connectivity index (χ0n) is 14.4. The summed E-state index contributed by atoms with van der Waals surface area (Å²) in [4.78, 5) is 23.8. The number of carboxylic acid groups (broad SMARTS) is 1. The number of aromatic nitrogens is 2. The molecular weight excluding hydrogens is 351 g/mol. The zero-order chi connectivity index (χ0) is 19.6. The third-order valence-corrected chi connectivity index (χ3v) is 4.06. The minimum absolute atomic E-state index is 0.136. The Labute approximate surface area is 147 Å². The summed E-state index contributed by atoms with van der Waals surface area (Å²) in [5, 5.41) is 15.4. The molecule has 6 nitrogen and oxygen atoms in total. The molecule has 0 aliphatic heterocycles. The van der Waals surface area contributed by atoms with E-state index in [0.29, 0.717) is 10.2 Å². The van der Waals surface area contributed by atoms with Gasteiger partial charge in [-0.05, 0) is 38.0 Å². The molecule has 1 aromatic heterocycles. The number of nitrogens with one attached hydrogen (secondary N) is 1. The number of carbonyl (C=O) groups excluding carboxylic acids is 1. The molecule has 1 heterocycles. The number of halogens is 3. The first-order chi connectivity index (χ1) is 12.1. The quantitative estimate of drug-likeness (QED) is 0.820. The molecule has 0 aliphatic rings. The maximum atomic E-state index is 13.4. The van der Waals surface area contributed by atoms with Gasteiger partial charge in [-0.1, -0.05) is 12.1 Å². The number of benzene rings is 1. The van der Waals surface area contributed by atoms with Crippen molar-refractivity contribution in [1.82, 2.24) is 15.1 Å². The van der Waals surface area contributed by atoms with Crippen molar-refractivity contribution in [2.24, 2.45) is 0 Å². The lowest BCUT2D eigenvalue weighted by atomic mass is 10.0. The van der Waals surface area contributed by atoms with Gasteiger partial charge in [0.05, 0.1) is 12.1 Å². The molecule has 0 bridgehead atoms. The Morgan fingerprint density at radius 3 is 2.42 bits per heavy atom. The van der Waals surface area contributed by atoms with E-state index in [2.05, 4.69) is 10.4 Å². The van der Waals surface area contributed by atoms with E-state index in [9.17, 15) is 27.9 Å². The lowest BCUT2D eigenvalue weighted by Crippen LogP contribution is -2.35. The van der Waals surface area contributed by atoms with Crippen molar-refractivity contribution in [1.29, 1.82) is 0 Å². The average Bonchev–Trinajstić information content (AvgIpc) is 2.83. The summed E-state index contributed by atoms with van der Waals surface area (Å²) in [6.07, 6.45) is -0.297. The van der Waals surface area contributed by atoms with Crippen molar-refractivity contribution >= 4 is 11.9 Å². The average molecular weight is 369 g/mol. The predicted octanol–water partition coefficient (Wildman–Crippen LogP) is 2.83. The number of alkyl halides is 2. The van der Waals surface area contributed by atoms with Crippen LogP contribution in [0, 0.1) is 26.6 Å². The number of aryl methyl sites for hydroxylation is 2. The van der Waals surface area contributed by atoms with Gasteiger partial charge in [-0.25, -0.2) is 13.9 Å². The highest BCUT2D eigenvalue weighted by Crippen LogP contribution is 2.21. The maximum Gasteiger partial charge on any atom is 0.333 e. The first-order valence-electron chi connectivity index (χ1n) is 7.72. The van der Waals surface area contributed by atoms with Gasteiger partial charge in [-0.2, -0.15) is 13.9 Å². The van der Waals surface area contributed by atoms with Crippen LogP contribution < -0.4 is 5.32 Å². The van der Waals surface area contributed by atoms with Crippen molar-refractivity contribution in [3.05, 3.63) is 52.1 Å². The van der Waals surface area contributed by atoms with Crippen LogP contribution in [0.2, 0.25) is 0 Å². The lowest BCUT2D eigenvalue weighted by molar-refractivity contribution is -0.142. The second-order valence-corrected chi connectivity index (χ2v) is 5.90. The fraction of sp³-hybridized carbons (Fsp3) is 0.353. The van der Waals surface area contributed by atoms with Crippen LogP contribution in [0.1, 0.15) is 40.7 Å². The molecule has 0 aliphatic carbocycles. The molecule has 1 unspecified atom stereocenters. The van der Waals surface area contributed by atoms with E-state index in [1.165, 1.54) is 32.9 Å². The van der Waals surface area contributed by atoms with Crippen molar-refractivity contribution in [2.75, 3.05) is 0 Å². The van der Waals surface area contributed by atoms with Gasteiger partial charge in [0.15, 0.2) is 6.04 Å². The second-order valence-electron chi connectivity index (χ2n) is 5.90. The Bertz CT molecular complexity index is 849. The number of nitrogens with zero attached hydrogens (tertiary/aromatic N) is 2. The molecule has 0 fully saturated rings. The first-order valence-corrected chi connectivity index (χ1v) is 7.72. The van der Waals surface area contributed by atoms with Crippen LogP contribution in [0.3, 0.4) is 0 Å². The highest BCUT2D eigenvalue weighted by atomic mass is 19.3. The normalized spacial score (nSPS) is 12.3. The summed E-state index contributed by atoms with van der Waals surface area (Å²) < 4.78 is 39.6. The van der Waals surface area contributed by atoms with Crippen molar-refractivity contribution in [3.8, 4) is 0 Å². The monoisotopic (exact) mass is 369 g/mol. The fourth-order valence-electron chi connectivity index (χ4n) is 2.65. The molecule has 0 radical (unpaired) electrons. The fourth-order valence-corrected chi connectivity index (χ4v) is 2.65. The SMILES string of the molecule is Cc1cc(C(NC(=O)Cc2c(C)nn(C(F)F)c2C)C(=O)O)ccc1F. The molecule has 140 valence electrons. The zero-order valence-corrected chi connectivity index (χ0v) is 14.4. The van der Waals surface area contributed by atoms with Crippen LogP contribution in [0.15, 0.2) is 18.2 Å². The molecule has 2 rings (SSSR count). The number of carbonyl (C=O) groups is 2. The van der Waals surface area contributed by atoms with E-state index in [1.807, 2.05) is 0 Å². The maximum absolute atomic E-state index is 13.4. The van der Waals surface area contributed by atoms with Crippen LogP contribution >= 0.6 is 0 Å². The number of amides is 1. The molecule has 0 saturated heterocycles. The smallest absolute Gasteiger partial charge is 0.333 e. The minimum Gasteiger partial charge on any atom is -0.479 e. The number of hydrogen-bond donors (Lipinski definition) is 2. The van der Waals surface area contributed by atoms with E-state index in [4.69, 9.17) is 0 Å². The molecule has 1 atom stereocenters. The van der Waals surface area contributed by atoms with Crippen molar-refractivity contribution in [3.63, 3.8) is 0 Å². The molecule has 1 amide bonds. The molecule has 0 spiro atoms. The number of aliphatic carboxylic acids is 1. The summed E-state index contributed by atoms with van der Waals surface area (Å²) >= 11 is 0. The van der Waals surface area contributed by atoms with Gasteiger partial charge < -0.3 is 10.4 Å². The molecular formula is C17H18F3N3O3. The Balaban J connectivity index is 2.21. The Hall–Kier alpha value is -2.84. The van der Waals surface area contributed by atoms with Crippen LogP contribution in [0.25, 0.3) is 0 Å². The van der Waals surface area contributed by atoms with Crippen LogP contribution in [0.4, 0.5) is 13.2 Å². The van der Waals surface area contributed by atoms with Gasteiger partial charge in [0.25, 0.3) is 0 Å². The third kappa shape index (κ3) is 4.04. The summed E-state index contributed by atoms with van der Waals surface area (Å²) in [5.41, 5.74) is 1.16. The summed E-state index contributed by atoms with van der Waals surface area (Å²) in [7, 11) is 0. The highest BCUT2D eigenvalue weighted by molar-refractivity contribution is 5.86. The van der Waals surface area contributed by atoms with Crippen molar-refractivity contribution in [2.45, 2.75) is 39.8 Å². The van der Waals surface area contributed by atoms with Crippen LogP contribution in [-0.4, -0.2) is 26.8 Å². The van der Waals surface area contributed by atoms with Gasteiger partial charge in [0.2, 0.25) is 5.91 Å². The summed E-state index contributed by atoms with van der Waals surface area (Å²) in [6, 6.07) is 2.34. The van der Waals surface area contributed by atoms with Crippen LogP contribution in [0.5, 0.6) is 0 Å². The highest BCUT2D eigenvalue weighted by Gasteiger charge is 2.25. The van der Waals surface area contributed by atoms with E-state index in [0.717, 1.165) is 6.07 Å². The van der Waals surface area contributed by atoms with E-state index < -0.39 is 30.3 Å². The Kier molecular flexibility index (Phi) is 5.69. The Morgan fingerprint density at radius 1 is 1.27 bits per heavy atom. The molecule has 1 aromatic carbocycles. The Morgan fingerprint density at radius 2 is 1.92 bits per heavy atom. The molecule has 0 saturated carbocycles. The minimum atomic E-state index is -2.83. The van der Waals surface area contributed by atoms with Gasteiger partial charge in [-0.15, -0.1) is 0 Å².